The molecule has 9 unspecified atom stereocenters. The first-order valence-electron chi connectivity index (χ1n) is 27.9. The van der Waals surface area contributed by atoms with Crippen molar-refractivity contribution in [1.82, 2.24) is 5.32 Å². The zero-order valence-electron chi connectivity index (χ0n) is 42.9. The highest BCUT2D eigenvalue weighted by Gasteiger charge is 2.44. The van der Waals surface area contributed by atoms with E-state index in [-0.39, 0.29) is 12.8 Å². The molecular weight excluding hydrogens is 847 g/mol. The summed E-state index contributed by atoms with van der Waals surface area (Å²) < 4.78 is 11.1. The van der Waals surface area contributed by atoms with Crippen LogP contribution in [0.15, 0.2) is 36.5 Å². The third kappa shape index (κ3) is 34.3. The van der Waals surface area contributed by atoms with E-state index in [9.17, 15) is 40.5 Å². The molecule has 0 spiro atoms. The highest BCUT2D eigenvalue weighted by molar-refractivity contribution is 5.80. The van der Waals surface area contributed by atoms with E-state index in [0.717, 1.165) is 44.9 Å². The van der Waals surface area contributed by atoms with Crippen LogP contribution in [0.2, 0.25) is 0 Å². The maximum absolute atomic E-state index is 13.1. The van der Waals surface area contributed by atoms with Gasteiger partial charge >= 0.3 is 0 Å². The summed E-state index contributed by atoms with van der Waals surface area (Å²) in [5.74, 6) is -0.713. The molecule has 0 aromatic rings. The predicted molar refractivity (Wildman–Crippen MR) is 275 cm³/mol. The number of aliphatic hydroxyl groups is 7. The zero-order chi connectivity index (χ0) is 49.0. The van der Waals surface area contributed by atoms with Crippen LogP contribution >= 0.6 is 0 Å². The molecule has 1 rings (SSSR count). The minimum Gasteiger partial charge on any atom is -0.394 e. The van der Waals surface area contributed by atoms with Crippen LogP contribution in [0.1, 0.15) is 245 Å². The van der Waals surface area contributed by atoms with E-state index in [2.05, 4.69) is 55.6 Å². The number of unbranched alkanes of at least 4 members (excludes halogenated alkanes) is 29. The van der Waals surface area contributed by atoms with E-state index in [1.807, 2.05) is 0 Å². The second kappa shape index (κ2) is 45.5. The average molecular weight is 952 g/mol. The number of hydrogen-bond acceptors (Lipinski definition) is 10. The van der Waals surface area contributed by atoms with Gasteiger partial charge in [-0.3, -0.25) is 4.79 Å². The smallest absolute Gasteiger partial charge is 0.249 e. The molecule has 1 fully saturated rings. The number of carbonyl (C=O) groups excluding carboxylic acids is 1. The van der Waals surface area contributed by atoms with Gasteiger partial charge in [0.1, 0.15) is 36.6 Å². The lowest BCUT2D eigenvalue weighted by molar-refractivity contribution is -0.303. The van der Waals surface area contributed by atoms with Crippen molar-refractivity contribution in [2.45, 2.75) is 300 Å². The van der Waals surface area contributed by atoms with Gasteiger partial charge < -0.3 is 50.5 Å². The third-order valence-electron chi connectivity index (χ3n) is 13.4. The second-order valence-electron chi connectivity index (χ2n) is 19.6. The van der Waals surface area contributed by atoms with Gasteiger partial charge in [0, 0.05) is 0 Å². The van der Waals surface area contributed by atoms with Crippen molar-refractivity contribution in [3.8, 4) is 0 Å². The van der Waals surface area contributed by atoms with Gasteiger partial charge in [-0.15, -0.1) is 0 Å². The van der Waals surface area contributed by atoms with Gasteiger partial charge in [0.15, 0.2) is 6.29 Å². The van der Waals surface area contributed by atoms with Crippen LogP contribution < -0.4 is 5.32 Å². The van der Waals surface area contributed by atoms with Crippen molar-refractivity contribution in [2.75, 3.05) is 13.2 Å². The summed E-state index contributed by atoms with van der Waals surface area (Å²) in [6, 6.07) is -1.19. The monoisotopic (exact) mass is 952 g/mol. The fourth-order valence-corrected chi connectivity index (χ4v) is 8.83. The molecular formula is C56H105NO10. The topological polar surface area (TPSA) is 189 Å². The Bertz CT molecular complexity index is 1180. The quantitative estimate of drug-likeness (QED) is 0.0215. The molecule has 0 aliphatic carbocycles. The number of allylic oxidation sites excluding steroid dienone is 6. The Balaban J connectivity index is 2.30. The Kier molecular flexibility index (Phi) is 43.0. The van der Waals surface area contributed by atoms with E-state index in [1.54, 1.807) is 0 Å². The lowest BCUT2D eigenvalue weighted by Gasteiger charge is -2.40. The summed E-state index contributed by atoms with van der Waals surface area (Å²) in [7, 11) is 0. The van der Waals surface area contributed by atoms with E-state index >= 15 is 0 Å². The number of aliphatic hydroxyl groups excluding tert-OH is 7. The van der Waals surface area contributed by atoms with Crippen LogP contribution in [0, 0.1) is 0 Å². The molecule has 1 amide bonds. The largest absolute Gasteiger partial charge is 0.394 e. The van der Waals surface area contributed by atoms with Gasteiger partial charge in [-0.2, -0.15) is 0 Å². The lowest BCUT2D eigenvalue weighted by atomic mass is 9.98. The van der Waals surface area contributed by atoms with Gasteiger partial charge in [0.2, 0.25) is 5.91 Å². The van der Waals surface area contributed by atoms with Crippen LogP contribution in [-0.4, -0.2) is 110 Å². The molecule has 67 heavy (non-hydrogen) atoms. The van der Waals surface area contributed by atoms with Gasteiger partial charge in [0.05, 0.1) is 25.4 Å². The Labute approximate surface area is 409 Å². The molecule has 11 heteroatoms. The van der Waals surface area contributed by atoms with Crippen molar-refractivity contribution in [2.24, 2.45) is 0 Å². The molecule has 0 radical (unpaired) electrons. The maximum Gasteiger partial charge on any atom is 0.249 e. The Hall–Kier alpha value is -1.67. The summed E-state index contributed by atoms with van der Waals surface area (Å²) in [5.41, 5.74) is 0. The van der Waals surface area contributed by atoms with Crippen molar-refractivity contribution in [3.63, 3.8) is 0 Å². The van der Waals surface area contributed by atoms with Gasteiger partial charge in [-0.25, -0.2) is 0 Å². The van der Waals surface area contributed by atoms with E-state index in [4.69, 9.17) is 9.47 Å². The van der Waals surface area contributed by atoms with Crippen LogP contribution in [0.3, 0.4) is 0 Å². The lowest BCUT2D eigenvalue weighted by Crippen LogP contribution is -2.60. The normalized spacial score (nSPS) is 20.9. The molecule has 1 aliphatic rings. The Morgan fingerprint density at radius 2 is 0.896 bits per heavy atom. The van der Waals surface area contributed by atoms with Crippen LogP contribution in [0.4, 0.5) is 0 Å². The van der Waals surface area contributed by atoms with Crippen LogP contribution in [-0.2, 0) is 14.3 Å². The second-order valence-corrected chi connectivity index (χ2v) is 19.6. The molecule has 0 aromatic heterocycles. The molecule has 0 aromatic carbocycles. The highest BCUT2D eigenvalue weighted by Crippen LogP contribution is 2.23. The number of carbonyl (C=O) groups is 1. The molecule has 1 saturated heterocycles. The molecule has 394 valence electrons. The van der Waals surface area contributed by atoms with Crippen LogP contribution in [0.25, 0.3) is 0 Å². The fraction of sp³-hybridized carbons (Fsp3) is 0.875. The molecule has 1 heterocycles. The molecule has 9 atom stereocenters. The predicted octanol–water partition coefficient (Wildman–Crippen LogP) is 11.1. The standard InChI is InChI=1S/C56H105NO10/c1-3-5-7-9-11-13-15-16-17-18-19-20-21-22-23-24-25-26-27-28-29-30-31-32-34-35-37-39-41-43-48(59)51(61)47(46-66-56-54(64)53(63)52(62)50(45-58)67-56)57-55(65)49(60)44-42-40-38-36-33-14-12-10-8-6-4-2/h26-27,30-31,35,37,47-54,56,58-64H,3-25,28-29,32-34,36,38-46H2,1-2H3,(H,57,65)/b27-26+,31-30+,37-35+. The van der Waals surface area contributed by atoms with E-state index in [0.29, 0.717) is 19.3 Å². The number of nitrogens with one attached hydrogen (secondary N) is 1. The van der Waals surface area contributed by atoms with Gasteiger partial charge in [-0.1, -0.05) is 217 Å². The van der Waals surface area contributed by atoms with Gasteiger partial charge in [-0.05, 0) is 64.2 Å². The number of rotatable bonds is 47. The highest BCUT2D eigenvalue weighted by atomic mass is 16.7. The van der Waals surface area contributed by atoms with Crippen LogP contribution in [0.5, 0.6) is 0 Å². The average Bonchev–Trinajstić information content (AvgIpc) is 3.33. The Morgan fingerprint density at radius 3 is 1.33 bits per heavy atom. The van der Waals surface area contributed by atoms with E-state index < -0.39 is 74.2 Å². The fourth-order valence-electron chi connectivity index (χ4n) is 8.83. The molecule has 0 saturated carbocycles. The number of amides is 1. The van der Waals surface area contributed by atoms with Crippen molar-refractivity contribution in [3.05, 3.63) is 36.5 Å². The zero-order valence-corrected chi connectivity index (χ0v) is 42.9. The molecule has 8 N–H and O–H groups in total. The first-order valence-corrected chi connectivity index (χ1v) is 27.9. The minimum absolute atomic E-state index is 0.242. The maximum atomic E-state index is 13.1. The third-order valence-corrected chi connectivity index (χ3v) is 13.4. The molecule has 1 aliphatic heterocycles. The first kappa shape index (κ1) is 63.3. The summed E-state index contributed by atoms with van der Waals surface area (Å²) in [6.45, 7) is 3.42. The first-order chi connectivity index (χ1) is 32.7. The number of hydrogen-bond donors (Lipinski definition) is 8. The van der Waals surface area contributed by atoms with E-state index in [1.165, 1.54) is 154 Å². The summed E-state index contributed by atoms with van der Waals surface area (Å²) in [5, 5.41) is 75.8. The van der Waals surface area contributed by atoms with Crippen molar-refractivity contribution in [1.29, 1.82) is 0 Å². The van der Waals surface area contributed by atoms with Gasteiger partial charge in [0.25, 0.3) is 0 Å². The van der Waals surface area contributed by atoms with Crippen molar-refractivity contribution >= 4 is 5.91 Å². The summed E-state index contributed by atoms with van der Waals surface area (Å²) in [4.78, 5) is 13.1. The SMILES string of the molecule is CCCCCCCCCCCCCCCCCC/C=C/CC/C=C/CC/C=C/CCCC(O)C(O)C(COC1OC(CO)C(O)C(O)C1O)NC(=O)C(O)CCCCCCCCCCCCC. The minimum atomic E-state index is -1.67. The summed E-state index contributed by atoms with van der Waals surface area (Å²) in [6.07, 6.45) is 43.7. The number of ether oxygens (including phenoxy) is 2. The van der Waals surface area contributed by atoms with Crippen molar-refractivity contribution < 1.29 is 50.0 Å². The molecule has 11 nitrogen and oxygen atoms in total. The summed E-state index contributed by atoms with van der Waals surface area (Å²) >= 11 is 0. The Morgan fingerprint density at radius 1 is 0.507 bits per heavy atom. The molecule has 0 bridgehead atoms.